The largest absolute Gasteiger partial charge is 0.497 e. The highest BCUT2D eigenvalue weighted by Gasteiger charge is 2.27. The SMILES string of the molecule is COc1ccc(NC(=O)COC(=O)[C@@H](NC(=O)OCc2ccccc2)C(C)C)cc1. The molecule has 8 nitrogen and oxygen atoms in total. The van der Waals surface area contributed by atoms with Crippen molar-refractivity contribution in [3.05, 3.63) is 60.2 Å². The van der Waals surface area contributed by atoms with Gasteiger partial charge in [0.15, 0.2) is 6.61 Å². The van der Waals surface area contributed by atoms with E-state index in [1.807, 2.05) is 30.3 Å². The second-order valence-corrected chi connectivity index (χ2v) is 6.81. The molecule has 30 heavy (non-hydrogen) atoms. The Morgan fingerprint density at radius 1 is 0.933 bits per heavy atom. The number of rotatable bonds is 9. The van der Waals surface area contributed by atoms with Gasteiger partial charge in [-0.15, -0.1) is 0 Å². The average Bonchev–Trinajstić information content (AvgIpc) is 2.75. The summed E-state index contributed by atoms with van der Waals surface area (Å²) in [6.07, 6.45) is -0.739. The molecular weight excluding hydrogens is 388 g/mol. The third kappa shape index (κ3) is 7.46. The molecule has 0 bridgehead atoms. The molecule has 2 rings (SSSR count). The van der Waals surface area contributed by atoms with Crippen molar-refractivity contribution >= 4 is 23.7 Å². The molecule has 0 saturated carbocycles. The Kier molecular flexibility index (Phi) is 8.68. The summed E-state index contributed by atoms with van der Waals surface area (Å²) in [4.78, 5) is 36.4. The summed E-state index contributed by atoms with van der Waals surface area (Å²) in [6.45, 7) is 3.10. The summed E-state index contributed by atoms with van der Waals surface area (Å²) in [6, 6.07) is 15.0. The molecule has 0 spiro atoms. The lowest BCUT2D eigenvalue weighted by atomic mass is 10.1. The van der Waals surface area contributed by atoms with Crippen molar-refractivity contribution in [2.24, 2.45) is 5.92 Å². The van der Waals surface area contributed by atoms with Crippen LogP contribution in [0.1, 0.15) is 19.4 Å². The van der Waals surface area contributed by atoms with Gasteiger partial charge in [0.25, 0.3) is 5.91 Å². The number of anilines is 1. The molecule has 2 aromatic carbocycles. The average molecular weight is 414 g/mol. The molecule has 0 heterocycles. The molecule has 8 heteroatoms. The van der Waals surface area contributed by atoms with Gasteiger partial charge < -0.3 is 24.8 Å². The summed E-state index contributed by atoms with van der Waals surface area (Å²) >= 11 is 0. The van der Waals surface area contributed by atoms with Crippen molar-refractivity contribution in [1.29, 1.82) is 0 Å². The van der Waals surface area contributed by atoms with Crippen molar-refractivity contribution in [3.63, 3.8) is 0 Å². The molecule has 0 aliphatic heterocycles. The minimum atomic E-state index is -0.943. The lowest BCUT2D eigenvalue weighted by molar-refractivity contribution is -0.150. The van der Waals surface area contributed by atoms with E-state index >= 15 is 0 Å². The number of methoxy groups -OCH3 is 1. The minimum absolute atomic E-state index is 0.0802. The van der Waals surface area contributed by atoms with Crippen LogP contribution in [0.25, 0.3) is 0 Å². The second kappa shape index (κ2) is 11.5. The normalized spacial score (nSPS) is 11.3. The predicted molar refractivity (Wildman–Crippen MR) is 111 cm³/mol. The first-order valence-corrected chi connectivity index (χ1v) is 9.46. The number of amides is 2. The maximum absolute atomic E-state index is 12.3. The van der Waals surface area contributed by atoms with Crippen LogP contribution in [-0.2, 0) is 25.7 Å². The van der Waals surface area contributed by atoms with Gasteiger partial charge in [-0.2, -0.15) is 0 Å². The Morgan fingerprint density at radius 3 is 2.20 bits per heavy atom. The summed E-state index contributed by atoms with van der Waals surface area (Å²) in [5, 5.41) is 5.10. The van der Waals surface area contributed by atoms with E-state index in [0.717, 1.165) is 5.56 Å². The van der Waals surface area contributed by atoms with Crippen molar-refractivity contribution in [1.82, 2.24) is 5.32 Å². The van der Waals surface area contributed by atoms with E-state index in [9.17, 15) is 14.4 Å². The van der Waals surface area contributed by atoms with Crippen LogP contribution in [0, 0.1) is 5.92 Å². The van der Waals surface area contributed by atoms with Gasteiger partial charge in [-0.1, -0.05) is 44.2 Å². The molecule has 0 saturated heterocycles. The molecule has 0 unspecified atom stereocenters. The minimum Gasteiger partial charge on any atom is -0.497 e. The van der Waals surface area contributed by atoms with Crippen LogP contribution >= 0.6 is 0 Å². The number of alkyl carbamates (subject to hydrolysis) is 1. The van der Waals surface area contributed by atoms with E-state index in [2.05, 4.69) is 10.6 Å². The van der Waals surface area contributed by atoms with Crippen LogP contribution in [0.3, 0.4) is 0 Å². The number of benzene rings is 2. The molecule has 160 valence electrons. The molecule has 0 aromatic heterocycles. The van der Waals surface area contributed by atoms with E-state index in [4.69, 9.17) is 14.2 Å². The third-order valence-corrected chi connectivity index (χ3v) is 4.13. The highest BCUT2D eigenvalue weighted by atomic mass is 16.6. The topological polar surface area (TPSA) is 103 Å². The van der Waals surface area contributed by atoms with Gasteiger partial charge in [0.05, 0.1) is 7.11 Å². The molecule has 0 radical (unpaired) electrons. The summed E-state index contributed by atoms with van der Waals surface area (Å²) in [5.41, 5.74) is 1.37. The summed E-state index contributed by atoms with van der Waals surface area (Å²) in [5.74, 6) is -0.815. The van der Waals surface area contributed by atoms with E-state index in [1.54, 1.807) is 45.2 Å². The Hall–Kier alpha value is -3.55. The van der Waals surface area contributed by atoms with Gasteiger partial charge in [0.1, 0.15) is 18.4 Å². The first-order chi connectivity index (χ1) is 14.4. The van der Waals surface area contributed by atoms with Gasteiger partial charge in [-0.3, -0.25) is 4.79 Å². The highest BCUT2D eigenvalue weighted by Crippen LogP contribution is 2.15. The number of carbonyl (C=O) groups excluding carboxylic acids is 3. The number of nitrogens with one attached hydrogen (secondary N) is 2. The molecule has 0 aliphatic rings. The first-order valence-electron chi connectivity index (χ1n) is 9.46. The van der Waals surface area contributed by atoms with Gasteiger partial charge in [-0.05, 0) is 35.7 Å². The Morgan fingerprint density at radius 2 is 1.60 bits per heavy atom. The maximum Gasteiger partial charge on any atom is 0.408 e. The smallest absolute Gasteiger partial charge is 0.408 e. The van der Waals surface area contributed by atoms with Crippen LogP contribution in [0.2, 0.25) is 0 Å². The van der Waals surface area contributed by atoms with Crippen molar-refractivity contribution < 1.29 is 28.6 Å². The predicted octanol–water partition coefficient (Wildman–Crippen LogP) is 3.13. The zero-order chi connectivity index (χ0) is 21.9. The summed E-state index contributed by atoms with van der Waals surface area (Å²) in [7, 11) is 1.55. The highest BCUT2D eigenvalue weighted by molar-refractivity contribution is 5.93. The van der Waals surface area contributed by atoms with Crippen LogP contribution in [-0.4, -0.2) is 37.7 Å². The van der Waals surface area contributed by atoms with E-state index in [1.165, 1.54) is 0 Å². The van der Waals surface area contributed by atoms with E-state index < -0.39 is 30.6 Å². The second-order valence-electron chi connectivity index (χ2n) is 6.81. The Labute approximate surface area is 175 Å². The Bertz CT molecular complexity index is 836. The molecule has 0 aliphatic carbocycles. The first kappa shape index (κ1) is 22.7. The maximum atomic E-state index is 12.3. The van der Waals surface area contributed by atoms with Crippen LogP contribution in [0.5, 0.6) is 5.75 Å². The van der Waals surface area contributed by atoms with Gasteiger partial charge in [0.2, 0.25) is 0 Å². The van der Waals surface area contributed by atoms with E-state index in [0.29, 0.717) is 11.4 Å². The fourth-order valence-corrected chi connectivity index (χ4v) is 2.49. The van der Waals surface area contributed by atoms with Crippen molar-refractivity contribution in [3.8, 4) is 5.75 Å². The van der Waals surface area contributed by atoms with Gasteiger partial charge in [0, 0.05) is 5.69 Å². The quantitative estimate of drug-likeness (QED) is 0.611. The number of ether oxygens (including phenoxy) is 3. The van der Waals surface area contributed by atoms with Crippen LogP contribution in [0.4, 0.5) is 10.5 Å². The Balaban J connectivity index is 1.80. The summed E-state index contributed by atoms with van der Waals surface area (Å²) < 4.78 is 15.2. The number of hydrogen-bond acceptors (Lipinski definition) is 6. The number of esters is 1. The van der Waals surface area contributed by atoms with Gasteiger partial charge in [-0.25, -0.2) is 9.59 Å². The van der Waals surface area contributed by atoms with Crippen molar-refractivity contribution in [2.45, 2.75) is 26.5 Å². The molecule has 2 N–H and O–H groups in total. The van der Waals surface area contributed by atoms with Gasteiger partial charge >= 0.3 is 12.1 Å². The number of carbonyl (C=O) groups is 3. The molecule has 2 aromatic rings. The fourth-order valence-electron chi connectivity index (χ4n) is 2.49. The standard InChI is InChI=1S/C22H26N2O6/c1-15(2)20(24-22(27)30-13-16-7-5-4-6-8-16)21(26)29-14-19(25)23-17-9-11-18(28-3)12-10-17/h4-12,15,20H,13-14H2,1-3H3,(H,23,25)(H,24,27)/t20-/m0/s1. The molecule has 2 amide bonds. The molecule has 1 atom stereocenters. The van der Waals surface area contributed by atoms with E-state index in [-0.39, 0.29) is 12.5 Å². The van der Waals surface area contributed by atoms with Crippen LogP contribution in [0.15, 0.2) is 54.6 Å². The zero-order valence-electron chi connectivity index (χ0n) is 17.2. The fraction of sp³-hybridized carbons (Fsp3) is 0.318. The lowest BCUT2D eigenvalue weighted by Gasteiger charge is -2.20. The number of hydrogen-bond donors (Lipinski definition) is 2. The lowest BCUT2D eigenvalue weighted by Crippen LogP contribution is -2.46. The molecule has 0 fully saturated rings. The van der Waals surface area contributed by atoms with Crippen molar-refractivity contribution in [2.75, 3.05) is 19.0 Å². The zero-order valence-corrected chi connectivity index (χ0v) is 17.2. The third-order valence-electron chi connectivity index (χ3n) is 4.13. The van der Waals surface area contributed by atoms with Crippen LogP contribution < -0.4 is 15.4 Å². The monoisotopic (exact) mass is 414 g/mol. The molecular formula is C22H26N2O6.